The first kappa shape index (κ1) is 14.6. The van der Waals surface area contributed by atoms with Gasteiger partial charge in [0.15, 0.2) is 0 Å². The molecule has 0 amide bonds. The fourth-order valence-corrected chi connectivity index (χ4v) is 5.86. The molecule has 0 N–H and O–H groups in total. The highest BCUT2D eigenvalue weighted by Gasteiger charge is 2.55. The van der Waals surface area contributed by atoms with E-state index in [-0.39, 0.29) is 5.41 Å². The molecule has 1 spiro atoms. The molecule has 1 heteroatoms. The van der Waals surface area contributed by atoms with Crippen molar-refractivity contribution in [1.82, 2.24) is 4.98 Å². The molecule has 0 saturated carbocycles. The number of nitrogens with zero attached hydrogens (tertiary/aromatic N) is 1. The number of benzene rings is 3. The number of allylic oxidation sites excluding steroid dienone is 2. The Labute approximate surface area is 164 Å². The van der Waals surface area contributed by atoms with Crippen molar-refractivity contribution in [2.24, 2.45) is 0 Å². The van der Waals surface area contributed by atoms with Crippen LogP contribution in [0.25, 0.3) is 22.3 Å². The highest BCUT2D eigenvalue weighted by molar-refractivity contribution is 6.12. The number of hydrogen-bond donors (Lipinski definition) is 0. The second kappa shape index (κ2) is 4.88. The van der Waals surface area contributed by atoms with E-state index in [2.05, 4.69) is 84.9 Å². The summed E-state index contributed by atoms with van der Waals surface area (Å²) in [5, 5.41) is 0. The summed E-state index contributed by atoms with van der Waals surface area (Å²) in [5.41, 5.74) is 13.4. The Balaban J connectivity index is 1.71. The van der Waals surface area contributed by atoms with Crippen LogP contribution < -0.4 is 0 Å². The summed E-state index contributed by atoms with van der Waals surface area (Å²) in [6.07, 6.45) is 2.92. The average molecular weight is 355 g/mol. The smallest absolute Gasteiger partial charge is 0.0743 e. The third kappa shape index (κ3) is 1.46. The Morgan fingerprint density at radius 2 is 1.18 bits per heavy atom. The Morgan fingerprint density at radius 3 is 1.86 bits per heavy atom. The van der Waals surface area contributed by atoms with Crippen LogP contribution in [0.5, 0.6) is 0 Å². The van der Waals surface area contributed by atoms with Crippen LogP contribution in [0, 0.1) is 0 Å². The van der Waals surface area contributed by atoms with Gasteiger partial charge < -0.3 is 0 Å². The van der Waals surface area contributed by atoms with Crippen LogP contribution in [0.1, 0.15) is 33.5 Å². The van der Waals surface area contributed by atoms with Crippen molar-refractivity contribution in [3.05, 3.63) is 125 Å². The number of aromatic nitrogens is 1. The fourth-order valence-electron chi connectivity index (χ4n) is 5.86. The van der Waals surface area contributed by atoms with E-state index < -0.39 is 0 Å². The SMILES string of the molecule is c1cnc2c(c1)CC1=C2C2(c3ccccc31)c1ccccc1-c1ccccc12. The first-order valence-electron chi connectivity index (χ1n) is 9.88. The Morgan fingerprint density at radius 1 is 0.607 bits per heavy atom. The molecule has 0 atom stereocenters. The fraction of sp³-hybridized carbons (Fsp3) is 0.0741. The normalized spacial score (nSPS) is 16.6. The van der Waals surface area contributed by atoms with Crippen LogP contribution in [0.2, 0.25) is 0 Å². The van der Waals surface area contributed by atoms with Gasteiger partial charge in [0, 0.05) is 18.2 Å². The van der Waals surface area contributed by atoms with Gasteiger partial charge in [-0.1, -0.05) is 78.9 Å². The van der Waals surface area contributed by atoms with Crippen molar-refractivity contribution in [2.45, 2.75) is 11.8 Å². The van der Waals surface area contributed by atoms with Gasteiger partial charge in [0.05, 0.1) is 11.1 Å². The van der Waals surface area contributed by atoms with Gasteiger partial charge in [-0.05, 0) is 50.6 Å². The Hall–Kier alpha value is -3.45. The minimum Gasteiger partial charge on any atom is -0.256 e. The number of rotatable bonds is 0. The molecule has 0 fully saturated rings. The maximum absolute atomic E-state index is 4.89. The van der Waals surface area contributed by atoms with Crippen molar-refractivity contribution in [2.75, 3.05) is 0 Å². The van der Waals surface area contributed by atoms with E-state index in [0.29, 0.717) is 0 Å². The molecule has 0 saturated heterocycles. The van der Waals surface area contributed by atoms with E-state index in [1.165, 1.54) is 55.8 Å². The molecule has 1 heterocycles. The molecule has 3 aromatic carbocycles. The van der Waals surface area contributed by atoms with Gasteiger partial charge in [-0.25, -0.2) is 0 Å². The van der Waals surface area contributed by atoms with Gasteiger partial charge >= 0.3 is 0 Å². The van der Waals surface area contributed by atoms with Crippen LogP contribution in [-0.4, -0.2) is 4.98 Å². The van der Waals surface area contributed by atoms with Crippen LogP contribution in [0.3, 0.4) is 0 Å². The van der Waals surface area contributed by atoms with E-state index in [1.807, 2.05) is 6.20 Å². The first-order valence-corrected chi connectivity index (χ1v) is 9.88. The molecule has 0 unspecified atom stereocenters. The van der Waals surface area contributed by atoms with E-state index in [4.69, 9.17) is 4.98 Å². The van der Waals surface area contributed by atoms with Gasteiger partial charge in [-0.15, -0.1) is 0 Å². The Kier molecular flexibility index (Phi) is 2.54. The summed E-state index contributed by atoms with van der Waals surface area (Å²) in [6, 6.07) is 31.2. The van der Waals surface area contributed by atoms with Gasteiger partial charge in [0.25, 0.3) is 0 Å². The maximum atomic E-state index is 4.89. The lowest BCUT2D eigenvalue weighted by Crippen LogP contribution is -2.27. The van der Waals surface area contributed by atoms with Gasteiger partial charge in [-0.2, -0.15) is 0 Å². The first-order chi connectivity index (χ1) is 13.9. The van der Waals surface area contributed by atoms with E-state index in [9.17, 15) is 0 Å². The van der Waals surface area contributed by atoms with Crippen LogP contribution in [0.15, 0.2) is 91.1 Å². The van der Waals surface area contributed by atoms with Gasteiger partial charge in [-0.3, -0.25) is 4.98 Å². The summed E-state index contributed by atoms with van der Waals surface area (Å²) in [5.74, 6) is 0. The van der Waals surface area contributed by atoms with Crippen molar-refractivity contribution < 1.29 is 0 Å². The lowest BCUT2D eigenvalue weighted by atomic mass is 9.69. The second-order valence-corrected chi connectivity index (χ2v) is 7.93. The monoisotopic (exact) mass is 355 g/mol. The molecule has 28 heavy (non-hydrogen) atoms. The lowest BCUT2D eigenvalue weighted by molar-refractivity contribution is 0.836. The third-order valence-corrected chi connectivity index (χ3v) is 6.78. The highest BCUT2D eigenvalue weighted by Crippen LogP contribution is 2.66. The number of hydrogen-bond acceptors (Lipinski definition) is 1. The summed E-state index contributed by atoms with van der Waals surface area (Å²) in [6.45, 7) is 0. The van der Waals surface area contributed by atoms with Gasteiger partial charge in [0.1, 0.15) is 0 Å². The zero-order valence-electron chi connectivity index (χ0n) is 15.3. The molecular formula is C27H17N. The van der Waals surface area contributed by atoms with E-state index in [1.54, 1.807) is 0 Å². The molecule has 3 aliphatic rings. The topological polar surface area (TPSA) is 12.9 Å². The summed E-state index contributed by atoms with van der Waals surface area (Å²) >= 11 is 0. The zero-order chi connectivity index (χ0) is 18.3. The summed E-state index contributed by atoms with van der Waals surface area (Å²) in [4.78, 5) is 4.89. The molecule has 0 bridgehead atoms. The number of fused-ring (bicyclic) bond motifs is 11. The highest BCUT2D eigenvalue weighted by atomic mass is 14.7. The maximum Gasteiger partial charge on any atom is 0.0743 e. The molecule has 1 nitrogen and oxygen atoms in total. The van der Waals surface area contributed by atoms with Crippen molar-refractivity contribution in [3.8, 4) is 11.1 Å². The van der Waals surface area contributed by atoms with Crippen molar-refractivity contribution >= 4 is 11.1 Å². The lowest BCUT2D eigenvalue weighted by Gasteiger charge is -2.32. The van der Waals surface area contributed by atoms with Crippen molar-refractivity contribution in [1.29, 1.82) is 0 Å². The molecule has 130 valence electrons. The molecule has 0 aliphatic heterocycles. The van der Waals surface area contributed by atoms with Crippen LogP contribution in [-0.2, 0) is 11.8 Å². The predicted octanol–water partition coefficient (Wildman–Crippen LogP) is 5.88. The quantitative estimate of drug-likeness (QED) is 0.384. The minimum atomic E-state index is -0.251. The molecule has 1 aromatic heterocycles. The molecule has 0 radical (unpaired) electrons. The molecule has 4 aromatic rings. The largest absolute Gasteiger partial charge is 0.256 e. The average Bonchev–Trinajstić information content (AvgIpc) is 3.37. The summed E-state index contributed by atoms with van der Waals surface area (Å²) < 4.78 is 0. The van der Waals surface area contributed by atoms with Gasteiger partial charge in [0.2, 0.25) is 0 Å². The zero-order valence-corrected chi connectivity index (χ0v) is 15.3. The van der Waals surface area contributed by atoms with E-state index in [0.717, 1.165) is 6.42 Å². The third-order valence-electron chi connectivity index (χ3n) is 6.78. The van der Waals surface area contributed by atoms with Crippen LogP contribution in [0.4, 0.5) is 0 Å². The predicted molar refractivity (Wildman–Crippen MR) is 113 cm³/mol. The minimum absolute atomic E-state index is 0.251. The van der Waals surface area contributed by atoms with Crippen molar-refractivity contribution in [3.63, 3.8) is 0 Å². The Bertz CT molecular complexity index is 1300. The standard InChI is InChI=1S/C27H17N/c1-4-12-22-18(9-1)19-10-2-5-13-23(19)27(22)24-14-6-3-11-20(24)21-16-17-8-7-15-28-26(17)25(21)27/h1-15H,16H2. The van der Waals surface area contributed by atoms with Crippen LogP contribution >= 0.6 is 0 Å². The summed E-state index contributed by atoms with van der Waals surface area (Å²) in [7, 11) is 0. The second-order valence-electron chi connectivity index (χ2n) is 7.93. The number of pyridine rings is 1. The molecular weight excluding hydrogens is 338 g/mol. The molecule has 7 rings (SSSR count). The molecule has 3 aliphatic carbocycles. The van der Waals surface area contributed by atoms with E-state index >= 15 is 0 Å².